The Morgan fingerprint density at radius 1 is 1.26 bits per heavy atom. The van der Waals surface area contributed by atoms with Crippen molar-refractivity contribution in [3.63, 3.8) is 0 Å². The van der Waals surface area contributed by atoms with E-state index in [9.17, 15) is 17.2 Å². The van der Waals surface area contributed by atoms with Gasteiger partial charge in [-0.1, -0.05) is 36.7 Å². The molecule has 0 spiro atoms. The summed E-state index contributed by atoms with van der Waals surface area (Å²) >= 11 is 3.28. The van der Waals surface area contributed by atoms with E-state index in [1.807, 2.05) is 20.8 Å². The Balaban J connectivity index is 3.14. The molecule has 0 aliphatic rings. The lowest BCUT2D eigenvalue weighted by molar-refractivity contribution is 0.291. The molecule has 1 aromatic rings. The molecule has 0 fully saturated rings. The molecule has 19 heavy (non-hydrogen) atoms. The van der Waals surface area contributed by atoms with Crippen molar-refractivity contribution >= 4 is 25.8 Å². The standard InChI is InChI=1S/C13H17BrF2O2S/c1-13(2,3)9(7-14)8-19(17,18)12-6-10(15)4-5-11(12)16/h4-6,9H,7-8H2,1-3H3. The molecule has 0 N–H and O–H groups in total. The molecule has 1 unspecified atom stereocenters. The Bertz CT molecular complexity index is 550. The van der Waals surface area contributed by atoms with Gasteiger partial charge in [-0.15, -0.1) is 0 Å². The van der Waals surface area contributed by atoms with Crippen molar-refractivity contribution in [1.29, 1.82) is 0 Å². The van der Waals surface area contributed by atoms with Crippen LogP contribution in [0.2, 0.25) is 0 Å². The zero-order valence-electron chi connectivity index (χ0n) is 11.1. The lowest BCUT2D eigenvalue weighted by atomic mass is 9.83. The second-order valence-corrected chi connectivity index (χ2v) is 8.22. The average molecular weight is 355 g/mol. The van der Waals surface area contributed by atoms with Crippen LogP contribution in [0.3, 0.4) is 0 Å². The second-order valence-electron chi connectivity index (χ2n) is 5.57. The summed E-state index contributed by atoms with van der Waals surface area (Å²) < 4.78 is 51.0. The summed E-state index contributed by atoms with van der Waals surface area (Å²) in [5.41, 5.74) is -0.250. The van der Waals surface area contributed by atoms with Gasteiger partial charge >= 0.3 is 0 Å². The minimum absolute atomic E-state index is 0.194. The zero-order valence-corrected chi connectivity index (χ0v) is 13.5. The lowest BCUT2D eigenvalue weighted by Gasteiger charge is -2.28. The van der Waals surface area contributed by atoms with Crippen molar-refractivity contribution in [3.8, 4) is 0 Å². The van der Waals surface area contributed by atoms with Crippen molar-refractivity contribution in [2.45, 2.75) is 25.7 Å². The van der Waals surface area contributed by atoms with E-state index in [0.717, 1.165) is 18.2 Å². The molecule has 0 heterocycles. The summed E-state index contributed by atoms with van der Waals surface area (Å²) in [5.74, 6) is -2.09. The maximum Gasteiger partial charge on any atom is 0.181 e. The fourth-order valence-corrected chi connectivity index (χ4v) is 5.08. The number of alkyl halides is 1. The Kier molecular flexibility index (Phi) is 5.12. The second kappa shape index (κ2) is 5.87. The van der Waals surface area contributed by atoms with Gasteiger partial charge in [-0.2, -0.15) is 0 Å². The highest BCUT2D eigenvalue weighted by Gasteiger charge is 2.31. The Labute approximate surface area is 121 Å². The smallest absolute Gasteiger partial charge is 0.181 e. The van der Waals surface area contributed by atoms with Crippen LogP contribution in [0.25, 0.3) is 0 Å². The van der Waals surface area contributed by atoms with Gasteiger partial charge in [-0.3, -0.25) is 0 Å². The van der Waals surface area contributed by atoms with Crippen LogP contribution in [0.15, 0.2) is 23.1 Å². The lowest BCUT2D eigenvalue weighted by Crippen LogP contribution is -2.29. The van der Waals surface area contributed by atoms with Crippen LogP contribution in [0.1, 0.15) is 20.8 Å². The summed E-state index contributed by atoms with van der Waals surface area (Å²) in [7, 11) is -3.85. The Morgan fingerprint density at radius 2 is 1.84 bits per heavy atom. The number of sulfone groups is 1. The number of hydrogen-bond acceptors (Lipinski definition) is 2. The fraction of sp³-hybridized carbons (Fsp3) is 0.538. The van der Waals surface area contributed by atoms with E-state index in [4.69, 9.17) is 0 Å². The van der Waals surface area contributed by atoms with Gasteiger partial charge < -0.3 is 0 Å². The first-order chi connectivity index (χ1) is 8.58. The van der Waals surface area contributed by atoms with Crippen molar-refractivity contribution in [1.82, 2.24) is 0 Å². The molecule has 2 nitrogen and oxygen atoms in total. The van der Waals surface area contributed by atoms with Crippen molar-refractivity contribution < 1.29 is 17.2 Å². The van der Waals surface area contributed by atoms with Gasteiger partial charge in [-0.05, 0) is 29.5 Å². The van der Waals surface area contributed by atoms with Crippen LogP contribution in [-0.2, 0) is 9.84 Å². The van der Waals surface area contributed by atoms with Gasteiger partial charge in [0, 0.05) is 5.33 Å². The van der Waals surface area contributed by atoms with Crippen LogP contribution in [-0.4, -0.2) is 19.5 Å². The minimum Gasteiger partial charge on any atom is -0.224 e. The highest BCUT2D eigenvalue weighted by atomic mass is 79.9. The zero-order chi connectivity index (χ0) is 14.8. The first kappa shape index (κ1) is 16.6. The van der Waals surface area contributed by atoms with Crippen molar-refractivity contribution in [2.75, 3.05) is 11.1 Å². The third kappa shape index (κ3) is 4.24. The highest BCUT2D eigenvalue weighted by molar-refractivity contribution is 9.09. The summed E-state index contributed by atoms with van der Waals surface area (Å²) in [6.45, 7) is 5.74. The maximum atomic E-state index is 13.6. The molecule has 1 rings (SSSR count). The molecule has 0 radical (unpaired) electrons. The van der Waals surface area contributed by atoms with Crippen LogP contribution in [0.5, 0.6) is 0 Å². The minimum atomic E-state index is -3.85. The molecule has 108 valence electrons. The Morgan fingerprint density at radius 3 is 2.32 bits per heavy atom. The largest absolute Gasteiger partial charge is 0.224 e. The maximum absolute atomic E-state index is 13.6. The third-order valence-corrected chi connectivity index (χ3v) is 5.67. The van der Waals surface area contributed by atoms with E-state index in [0.29, 0.717) is 5.33 Å². The normalized spacial score (nSPS) is 14.4. The van der Waals surface area contributed by atoms with Crippen LogP contribution in [0, 0.1) is 23.0 Å². The molecule has 6 heteroatoms. The van der Waals surface area contributed by atoms with E-state index >= 15 is 0 Å². The molecule has 0 saturated heterocycles. The third-order valence-electron chi connectivity index (χ3n) is 3.06. The summed E-state index contributed by atoms with van der Waals surface area (Å²) in [6, 6.07) is 2.47. The molecule has 0 bridgehead atoms. The van der Waals surface area contributed by atoms with E-state index in [2.05, 4.69) is 15.9 Å². The molecule has 0 saturated carbocycles. The molecule has 1 atom stereocenters. The molecule has 1 aromatic carbocycles. The van der Waals surface area contributed by atoms with E-state index < -0.39 is 26.4 Å². The number of rotatable bonds is 4. The van der Waals surface area contributed by atoms with E-state index in [1.54, 1.807) is 0 Å². The van der Waals surface area contributed by atoms with Crippen LogP contribution >= 0.6 is 15.9 Å². The predicted molar refractivity (Wildman–Crippen MR) is 75.1 cm³/mol. The average Bonchev–Trinajstić information content (AvgIpc) is 2.27. The fourth-order valence-electron chi connectivity index (χ4n) is 1.60. The molecule has 0 aliphatic heterocycles. The first-order valence-electron chi connectivity index (χ1n) is 5.81. The van der Waals surface area contributed by atoms with E-state index in [1.165, 1.54) is 0 Å². The van der Waals surface area contributed by atoms with Gasteiger partial charge in [0.05, 0.1) is 5.75 Å². The van der Waals surface area contributed by atoms with Crippen LogP contribution < -0.4 is 0 Å². The highest BCUT2D eigenvalue weighted by Crippen LogP contribution is 2.31. The SMILES string of the molecule is CC(C)(C)C(CBr)CS(=O)(=O)c1cc(F)ccc1F. The molecule has 0 amide bonds. The molecule has 0 aliphatic carbocycles. The monoisotopic (exact) mass is 354 g/mol. The summed E-state index contributed by atoms with van der Waals surface area (Å²) in [4.78, 5) is -0.567. The molecular formula is C13H17BrF2O2S. The first-order valence-corrected chi connectivity index (χ1v) is 8.59. The topological polar surface area (TPSA) is 34.1 Å². The number of hydrogen-bond donors (Lipinski definition) is 0. The van der Waals surface area contributed by atoms with Gasteiger partial charge in [0.2, 0.25) is 0 Å². The quantitative estimate of drug-likeness (QED) is 0.770. The van der Waals surface area contributed by atoms with Crippen molar-refractivity contribution in [2.24, 2.45) is 11.3 Å². The van der Waals surface area contributed by atoms with Gasteiger partial charge in [0.15, 0.2) is 9.84 Å². The molecular weight excluding hydrogens is 338 g/mol. The predicted octanol–water partition coefficient (Wildman–Crippen LogP) is 3.80. The summed E-state index contributed by atoms with van der Waals surface area (Å²) in [5, 5.41) is 0.479. The van der Waals surface area contributed by atoms with Crippen LogP contribution in [0.4, 0.5) is 8.78 Å². The molecule has 0 aromatic heterocycles. The van der Waals surface area contributed by atoms with Gasteiger partial charge in [0.25, 0.3) is 0 Å². The van der Waals surface area contributed by atoms with Gasteiger partial charge in [0.1, 0.15) is 16.5 Å². The summed E-state index contributed by atoms with van der Waals surface area (Å²) in [6.07, 6.45) is 0. The number of benzene rings is 1. The Hall–Kier alpha value is -0.490. The van der Waals surface area contributed by atoms with Gasteiger partial charge in [-0.25, -0.2) is 17.2 Å². The number of halogens is 3. The van der Waals surface area contributed by atoms with Crippen molar-refractivity contribution in [3.05, 3.63) is 29.8 Å². The van der Waals surface area contributed by atoms with E-state index in [-0.39, 0.29) is 17.1 Å².